The molecule has 0 unspecified atom stereocenters. The predicted molar refractivity (Wildman–Crippen MR) is 134 cm³/mol. The van der Waals surface area contributed by atoms with Crippen molar-refractivity contribution in [3.8, 4) is 5.75 Å². The number of nitrogens with two attached hydrogens (primary N) is 1. The molecular weight excluding hydrogens is 430 g/mol. The van der Waals surface area contributed by atoms with Crippen molar-refractivity contribution >= 4 is 33.7 Å². The second-order valence-corrected chi connectivity index (χ2v) is 8.09. The van der Waals surface area contributed by atoms with Crippen LogP contribution in [0.4, 0.5) is 5.82 Å². The minimum absolute atomic E-state index is 0.153. The number of aromatic nitrogens is 3. The van der Waals surface area contributed by atoms with Gasteiger partial charge in [-0.15, -0.1) is 0 Å². The van der Waals surface area contributed by atoms with Crippen molar-refractivity contribution in [1.82, 2.24) is 19.9 Å². The van der Waals surface area contributed by atoms with Crippen molar-refractivity contribution in [1.29, 1.82) is 0 Å². The highest BCUT2D eigenvalue weighted by Gasteiger charge is 2.17. The lowest BCUT2D eigenvalue weighted by Gasteiger charge is -2.12. The number of ether oxygens (including phenoxy) is 2. The van der Waals surface area contributed by atoms with Gasteiger partial charge in [0.15, 0.2) is 5.82 Å². The topological polar surface area (TPSA) is 104 Å². The van der Waals surface area contributed by atoms with Crippen LogP contribution in [-0.4, -0.2) is 47.3 Å². The number of amides is 1. The number of nitrogens with zero attached hydrogens (tertiary/aromatic N) is 3. The van der Waals surface area contributed by atoms with Crippen LogP contribution in [0.5, 0.6) is 5.75 Å². The Kier molecular flexibility index (Phi) is 7.59. The van der Waals surface area contributed by atoms with E-state index in [1.165, 1.54) is 0 Å². The molecular formula is C26H31N5O3. The summed E-state index contributed by atoms with van der Waals surface area (Å²) < 4.78 is 13.2. The van der Waals surface area contributed by atoms with Crippen molar-refractivity contribution < 1.29 is 14.3 Å². The fourth-order valence-electron chi connectivity index (χ4n) is 4.03. The van der Waals surface area contributed by atoms with Gasteiger partial charge in [0.2, 0.25) is 0 Å². The number of unbranched alkanes of at least 4 members (excludes halogenated alkanes) is 1. The van der Waals surface area contributed by atoms with Gasteiger partial charge in [-0.1, -0.05) is 37.6 Å². The van der Waals surface area contributed by atoms with Gasteiger partial charge < -0.3 is 25.1 Å². The van der Waals surface area contributed by atoms with Crippen molar-refractivity contribution in [3.63, 3.8) is 0 Å². The molecule has 0 radical (unpaired) electrons. The van der Waals surface area contributed by atoms with Crippen LogP contribution in [0.3, 0.4) is 0 Å². The maximum Gasteiger partial charge on any atom is 0.251 e. The van der Waals surface area contributed by atoms with Gasteiger partial charge in [0.1, 0.15) is 17.1 Å². The highest BCUT2D eigenvalue weighted by Crippen LogP contribution is 2.29. The summed E-state index contributed by atoms with van der Waals surface area (Å²) in [7, 11) is 1.58. The van der Waals surface area contributed by atoms with E-state index < -0.39 is 0 Å². The Morgan fingerprint density at radius 2 is 1.97 bits per heavy atom. The number of nitrogens with one attached hydrogen (secondary N) is 1. The van der Waals surface area contributed by atoms with Gasteiger partial charge in [0.25, 0.3) is 5.91 Å². The lowest BCUT2D eigenvalue weighted by atomic mass is 10.2. The number of nitrogen functional groups attached to an aromatic ring is 1. The molecule has 34 heavy (non-hydrogen) atoms. The van der Waals surface area contributed by atoms with Crippen molar-refractivity contribution in [2.45, 2.75) is 32.7 Å². The zero-order valence-electron chi connectivity index (χ0n) is 19.7. The summed E-state index contributed by atoms with van der Waals surface area (Å²) in [5, 5.41) is 3.92. The first-order chi connectivity index (χ1) is 16.6. The molecule has 0 bridgehead atoms. The van der Waals surface area contributed by atoms with Crippen LogP contribution < -0.4 is 15.8 Å². The van der Waals surface area contributed by atoms with E-state index in [9.17, 15) is 4.79 Å². The Labute approximate surface area is 199 Å². The molecule has 0 fully saturated rings. The van der Waals surface area contributed by atoms with Crippen LogP contribution in [0.15, 0.2) is 48.5 Å². The molecule has 3 N–H and O–H groups in total. The first kappa shape index (κ1) is 23.5. The van der Waals surface area contributed by atoms with E-state index in [1.54, 1.807) is 31.4 Å². The second kappa shape index (κ2) is 11.0. The summed E-state index contributed by atoms with van der Waals surface area (Å²) >= 11 is 0. The first-order valence-corrected chi connectivity index (χ1v) is 11.7. The minimum atomic E-state index is -0.153. The summed E-state index contributed by atoms with van der Waals surface area (Å²) in [6, 6.07) is 15.1. The molecule has 0 aliphatic carbocycles. The number of aryl methyl sites for hydroxylation is 1. The number of carbonyl (C=O) groups is 1. The number of hydrogen-bond donors (Lipinski definition) is 2. The monoisotopic (exact) mass is 461 g/mol. The third kappa shape index (κ3) is 5.12. The van der Waals surface area contributed by atoms with Gasteiger partial charge in [-0.05, 0) is 30.7 Å². The zero-order valence-corrected chi connectivity index (χ0v) is 19.7. The highest BCUT2D eigenvalue weighted by atomic mass is 16.5. The molecule has 0 aliphatic heterocycles. The summed E-state index contributed by atoms with van der Waals surface area (Å²) in [6.45, 7) is 4.14. The van der Waals surface area contributed by atoms with Gasteiger partial charge in [-0.3, -0.25) is 4.79 Å². The number of imidazole rings is 1. The fraction of sp³-hybridized carbons (Fsp3) is 0.346. The number of hydrogen-bond acceptors (Lipinski definition) is 6. The highest BCUT2D eigenvalue weighted by molar-refractivity contribution is 6.06. The molecule has 4 aromatic rings. The molecule has 178 valence electrons. The minimum Gasteiger partial charge on any atom is -0.497 e. The summed E-state index contributed by atoms with van der Waals surface area (Å²) in [5.74, 6) is 1.95. The van der Waals surface area contributed by atoms with Crippen LogP contribution in [-0.2, 0) is 17.7 Å². The molecule has 0 spiro atoms. The lowest BCUT2D eigenvalue weighted by molar-refractivity contribution is 0.0908. The van der Waals surface area contributed by atoms with Gasteiger partial charge in [0.05, 0.1) is 31.4 Å². The van der Waals surface area contributed by atoms with E-state index in [0.29, 0.717) is 43.4 Å². The van der Waals surface area contributed by atoms with Crippen LogP contribution in [0.25, 0.3) is 21.9 Å². The van der Waals surface area contributed by atoms with Crippen molar-refractivity contribution in [3.05, 3.63) is 59.9 Å². The Morgan fingerprint density at radius 1 is 1.12 bits per heavy atom. The zero-order chi connectivity index (χ0) is 23.9. The van der Waals surface area contributed by atoms with Crippen LogP contribution in [0.2, 0.25) is 0 Å². The van der Waals surface area contributed by atoms with Gasteiger partial charge in [0, 0.05) is 30.5 Å². The largest absolute Gasteiger partial charge is 0.497 e. The molecule has 2 heterocycles. The summed E-state index contributed by atoms with van der Waals surface area (Å²) in [6.07, 6.45) is 3.00. The quantitative estimate of drug-likeness (QED) is 0.328. The number of benzene rings is 2. The maximum atomic E-state index is 12.3. The van der Waals surface area contributed by atoms with Crippen LogP contribution in [0.1, 0.15) is 35.9 Å². The molecule has 8 heteroatoms. The first-order valence-electron chi connectivity index (χ1n) is 11.7. The Bertz CT molecular complexity index is 1280. The molecule has 4 rings (SSSR count). The Hall–Kier alpha value is -3.65. The fourth-order valence-corrected chi connectivity index (χ4v) is 4.03. The van der Waals surface area contributed by atoms with E-state index >= 15 is 0 Å². The second-order valence-electron chi connectivity index (χ2n) is 8.09. The Morgan fingerprint density at radius 3 is 2.79 bits per heavy atom. The lowest BCUT2D eigenvalue weighted by Crippen LogP contribution is -2.27. The molecule has 0 atom stereocenters. The predicted octanol–water partition coefficient (Wildman–Crippen LogP) is 3.96. The molecule has 0 saturated heterocycles. The normalized spacial score (nSPS) is 11.2. The van der Waals surface area contributed by atoms with E-state index in [1.807, 2.05) is 18.2 Å². The molecule has 1 amide bonds. The van der Waals surface area contributed by atoms with E-state index in [0.717, 1.165) is 47.0 Å². The number of methoxy groups -OCH3 is 1. The molecule has 2 aromatic heterocycles. The van der Waals surface area contributed by atoms with E-state index in [-0.39, 0.29) is 5.91 Å². The molecule has 8 nitrogen and oxygen atoms in total. The number of fused-ring (bicyclic) bond motifs is 3. The number of rotatable bonds is 11. The van der Waals surface area contributed by atoms with Crippen LogP contribution in [0, 0.1) is 0 Å². The third-order valence-corrected chi connectivity index (χ3v) is 5.77. The molecule has 0 saturated carbocycles. The Balaban J connectivity index is 1.41. The van der Waals surface area contributed by atoms with E-state index in [4.69, 9.17) is 20.2 Å². The summed E-state index contributed by atoms with van der Waals surface area (Å²) in [5.41, 5.74) is 9.42. The van der Waals surface area contributed by atoms with Gasteiger partial charge in [-0.25, -0.2) is 9.97 Å². The maximum absolute atomic E-state index is 12.3. The van der Waals surface area contributed by atoms with Gasteiger partial charge in [-0.2, -0.15) is 0 Å². The number of pyridine rings is 1. The smallest absolute Gasteiger partial charge is 0.251 e. The van der Waals surface area contributed by atoms with Crippen LogP contribution >= 0.6 is 0 Å². The SMILES string of the molecule is CCCCc1nc2c(N)nc3ccccc3c2n1CCOCCNC(=O)c1cccc(OC)c1. The molecule has 0 aliphatic rings. The number of carbonyl (C=O) groups excluding carboxylic acids is 1. The average molecular weight is 462 g/mol. The van der Waals surface area contributed by atoms with Crippen molar-refractivity contribution in [2.75, 3.05) is 32.6 Å². The number of anilines is 1. The third-order valence-electron chi connectivity index (χ3n) is 5.77. The van der Waals surface area contributed by atoms with E-state index in [2.05, 4.69) is 27.9 Å². The molecule has 2 aromatic carbocycles. The van der Waals surface area contributed by atoms with Gasteiger partial charge >= 0.3 is 0 Å². The number of para-hydroxylation sites is 1. The summed E-state index contributed by atoms with van der Waals surface area (Å²) in [4.78, 5) is 21.7. The average Bonchev–Trinajstić information content (AvgIpc) is 3.24. The van der Waals surface area contributed by atoms with Crippen molar-refractivity contribution in [2.24, 2.45) is 0 Å². The standard InChI is InChI=1S/C26H31N5O3/c1-3-4-12-22-30-23-24(20-10-5-6-11-21(20)29-25(23)27)31(22)14-16-34-15-13-28-26(32)18-8-7-9-19(17-18)33-2/h5-11,17H,3-4,12-16H2,1-2H3,(H2,27,29)(H,28,32).